The minimum Gasteiger partial charge on any atom is -0.497 e. The van der Waals surface area contributed by atoms with Crippen LogP contribution in [0.4, 0.5) is 0 Å². The lowest BCUT2D eigenvalue weighted by molar-refractivity contribution is -0.155. The molecule has 44 heavy (non-hydrogen) atoms. The average molecular weight is 668 g/mol. The van der Waals surface area contributed by atoms with Crippen LogP contribution in [0, 0.1) is 0 Å². The highest BCUT2D eigenvalue weighted by Gasteiger charge is 2.53. The lowest BCUT2D eigenvalue weighted by Crippen LogP contribution is -2.48. The first kappa shape index (κ1) is 33.0. The Labute approximate surface area is 266 Å². The Kier molecular flexibility index (Phi) is 11.0. The molecule has 2 N–H and O–H groups in total. The molecule has 0 aromatic heterocycles. The number of carbonyl (C=O) groups is 2. The van der Waals surface area contributed by atoms with Crippen LogP contribution in [0.25, 0.3) is 0 Å². The average Bonchev–Trinajstić information content (AvgIpc) is 3.39. The van der Waals surface area contributed by atoms with Gasteiger partial charge in [0.1, 0.15) is 17.1 Å². The topological polar surface area (TPSA) is 116 Å². The van der Waals surface area contributed by atoms with Crippen LogP contribution < -0.4 is 14.8 Å². The Morgan fingerprint density at radius 2 is 1.70 bits per heavy atom. The van der Waals surface area contributed by atoms with Crippen LogP contribution in [0.3, 0.4) is 0 Å². The van der Waals surface area contributed by atoms with Crippen molar-refractivity contribution in [3.05, 3.63) is 94.0 Å². The maximum absolute atomic E-state index is 14.3. The zero-order valence-corrected chi connectivity index (χ0v) is 27.1. The van der Waals surface area contributed by atoms with Crippen molar-refractivity contribution in [3.8, 4) is 11.5 Å². The molecule has 234 valence electrons. The summed E-state index contributed by atoms with van der Waals surface area (Å²) < 4.78 is 23.8. The molecule has 0 fully saturated rings. The summed E-state index contributed by atoms with van der Waals surface area (Å²) >= 11 is 3.63. The molecule has 2 atom stereocenters. The molecule has 0 bridgehead atoms. The van der Waals surface area contributed by atoms with E-state index in [1.807, 2.05) is 60.7 Å². The van der Waals surface area contributed by atoms with E-state index in [0.29, 0.717) is 30.1 Å². The number of esters is 1. The third kappa shape index (κ3) is 8.39. The Hall–Kier alpha value is -3.89. The number of aliphatic hydroxyl groups is 1. The van der Waals surface area contributed by atoms with Gasteiger partial charge in [-0.05, 0) is 75.2 Å². The number of carbonyl (C=O) groups excluding carboxylic acids is 2. The first-order valence-corrected chi connectivity index (χ1v) is 15.3. The predicted molar refractivity (Wildman–Crippen MR) is 171 cm³/mol. The molecule has 1 aliphatic rings. The second-order valence-corrected chi connectivity index (χ2v) is 12.3. The normalized spacial score (nSPS) is 17.8. The fourth-order valence-electron chi connectivity index (χ4n) is 4.80. The number of nitrogens with one attached hydrogen (secondary N) is 1. The van der Waals surface area contributed by atoms with Crippen molar-refractivity contribution in [1.29, 1.82) is 0 Å². The molecule has 3 aromatic rings. The molecule has 0 spiro atoms. The third-order valence-electron chi connectivity index (χ3n) is 6.96. The van der Waals surface area contributed by atoms with Gasteiger partial charge in [-0.1, -0.05) is 46.3 Å². The zero-order chi connectivity index (χ0) is 31.7. The van der Waals surface area contributed by atoms with Crippen molar-refractivity contribution in [2.24, 2.45) is 4.99 Å². The van der Waals surface area contributed by atoms with E-state index in [9.17, 15) is 9.59 Å². The minimum absolute atomic E-state index is 0.0467. The number of aliphatic imine (C=N–C) groups is 1. The van der Waals surface area contributed by atoms with Crippen molar-refractivity contribution in [2.45, 2.75) is 63.8 Å². The molecule has 4 rings (SSSR count). The van der Waals surface area contributed by atoms with E-state index in [-0.39, 0.29) is 37.8 Å². The van der Waals surface area contributed by atoms with Gasteiger partial charge in [-0.15, -0.1) is 0 Å². The Morgan fingerprint density at radius 3 is 2.34 bits per heavy atom. The van der Waals surface area contributed by atoms with Gasteiger partial charge in [0, 0.05) is 41.6 Å². The van der Waals surface area contributed by atoms with Gasteiger partial charge in [0.25, 0.3) is 5.91 Å². The molecule has 1 amide bonds. The van der Waals surface area contributed by atoms with E-state index in [1.54, 1.807) is 40.0 Å². The van der Waals surface area contributed by atoms with Gasteiger partial charge in [-0.25, -0.2) is 4.99 Å². The molecule has 0 unspecified atom stereocenters. The Balaban J connectivity index is 1.71. The van der Waals surface area contributed by atoms with Gasteiger partial charge in [-0.2, -0.15) is 0 Å². The van der Waals surface area contributed by atoms with Gasteiger partial charge in [-0.3, -0.25) is 9.59 Å². The van der Waals surface area contributed by atoms with Gasteiger partial charge < -0.3 is 29.4 Å². The van der Waals surface area contributed by atoms with E-state index in [1.165, 1.54) is 0 Å². The number of methoxy groups -OCH3 is 1. The summed E-state index contributed by atoms with van der Waals surface area (Å²) in [6.07, 6.45) is -0.316. The zero-order valence-electron chi connectivity index (χ0n) is 25.5. The number of halogens is 1. The number of ether oxygens (including phenoxy) is 4. The quantitative estimate of drug-likeness (QED) is 0.172. The van der Waals surface area contributed by atoms with E-state index in [0.717, 1.165) is 15.6 Å². The number of benzene rings is 3. The lowest BCUT2D eigenvalue weighted by atomic mass is 9.83. The summed E-state index contributed by atoms with van der Waals surface area (Å²) in [4.78, 5) is 32.2. The number of aliphatic hydroxyl groups excluding tert-OH is 1. The monoisotopic (exact) mass is 666 g/mol. The van der Waals surface area contributed by atoms with E-state index in [4.69, 9.17) is 29.0 Å². The lowest BCUT2D eigenvalue weighted by Gasteiger charge is -2.31. The fraction of sp³-hybridized carbons (Fsp3) is 0.382. The maximum Gasteiger partial charge on any atom is 0.306 e. The molecule has 9 nitrogen and oxygen atoms in total. The van der Waals surface area contributed by atoms with Crippen LogP contribution in [0.15, 0.2) is 82.3 Å². The van der Waals surface area contributed by atoms with Gasteiger partial charge in [0.2, 0.25) is 5.90 Å². The first-order valence-electron chi connectivity index (χ1n) is 14.5. The van der Waals surface area contributed by atoms with Gasteiger partial charge in [0.05, 0.1) is 13.7 Å². The van der Waals surface area contributed by atoms with Crippen molar-refractivity contribution >= 4 is 33.7 Å². The number of hydrogen-bond acceptors (Lipinski definition) is 8. The first-order chi connectivity index (χ1) is 21.0. The summed E-state index contributed by atoms with van der Waals surface area (Å²) in [5.74, 6) is 0.814. The molecule has 0 saturated carbocycles. The van der Waals surface area contributed by atoms with Crippen LogP contribution >= 0.6 is 15.9 Å². The standard InChI is InChI=1S/C34H39BrN2O7/c1-33(2,3)44-29(39)18-19-34(32(40)36-22-23-10-14-25(41-4)15-11-23)30(27-8-5-6-9-28(27)35)43-31(37-34)24-12-16-26(17-13-24)42-21-7-20-38/h5-6,8-17,30,38H,7,18-22H2,1-4H3,(H,36,40)/t30-,34-/m1/s1. The molecule has 0 aliphatic carbocycles. The summed E-state index contributed by atoms with van der Waals surface area (Å²) in [5.41, 5.74) is 0.0832. The SMILES string of the molecule is COc1ccc(CNC(=O)[C@]2(CCC(=O)OC(C)(C)C)N=C(c3ccc(OCCCO)cc3)O[C@@H]2c2ccccc2Br)cc1. The van der Waals surface area contributed by atoms with Crippen LogP contribution in [-0.2, 0) is 25.6 Å². The highest BCUT2D eigenvalue weighted by atomic mass is 79.9. The van der Waals surface area contributed by atoms with Crippen molar-refractivity contribution in [2.75, 3.05) is 20.3 Å². The van der Waals surface area contributed by atoms with Gasteiger partial charge in [0.15, 0.2) is 11.6 Å². The Morgan fingerprint density at radius 1 is 1.02 bits per heavy atom. The summed E-state index contributed by atoms with van der Waals surface area (Å²) in [6.45, 7) is 6.09. The second kappa shape index (κ2) is 14.7. The van der Waals surface area contributed by atoms with Crippen LogP contribution in [-0.4, -0.2) is 54.3 Å². The minimum atomic E-state index is -1.49. The maximum atomic E-state index is 14.3. The van der Waals surface area contributed by atoms with Crippen molar-refractivity contribution in [3.63, 3.8) is 0 Å². The van der Waals surface area contributed by atoms with Crippen LogP contribution in [0.2, 0.25) is 0 Å². The molecular formula is C34H39BrN2O7. The summed E-state index contributed by atoms with van der Waals surface area (Å²) in [6, 6.07) is 22.1. The molecule has 0 radical (unpaired) electrons. The largest absolute Gasteiger partial charge is 0.497 e. The van der Waals surface area contributed by atoms with Crippen molar-refractivity contribution in [1.82, 2.24) is 5.32 Å². The summed E-state index contributed by atoms with van der Waals surface area (Å²) in [5, 5.41) is 12.1. The van der Waals surface area contributed by atoms with E-state index < -0.39 is 23.2 Å². The van der Waals surface area contributed by atoms with E-state index >= 15 is 0 Å². The number of nitrogens with zero attached hydrogens (tertiary/aromatic N) is 1. The molecule has 0 saturated heterocycles. The molecule has 1 aliphatic heterocycles. The summed E-state index contributed by atoms with van der Waals surface area (Å²) in [7, 11) is 1.60. The van der Waals surface area contributed by atoms with Crippen molar-refractivity contribution < 1.29 is 33.6 Å². The van der Waals surface area contributed by atoms with Crippen LogP contribution in [0.5, 0.6) is 11.5 Å². The molecule has 1 heterocycles. The predicted octanol–water partition coefficient (Wildman–Crippen LogP) is 5.91. The Bertz CT molecular complexity index is 1450. The fourth-order valence-corrected chi connectivity index (χ4v) is 5.29. The molecular weight excluding hydrogens is 628 g/mol. The molecule has 10 heteroatoms. The number of hydrogen-bond donors (Lipinski definition) is 2. The highest BCUT2D eigenvalue weighted by molar-refractivity contribution is 9.10. The highest BCUT2D eigenvalue weighted by Crippen LogP contribution is 2.45. The third-order valence-corrected chi connectivity index (χ3v) is 7.68. The van der Waals surface area contributed by atoms with Crippen LogP contribution in [0.1, 0.15) is 62.8 Å². The smallest absolute Gasteiger partial charge is 0.306 e. The number of rotatable bonds is 13. The van der Waals surface area contributed by atoms with E-state index in [2.05, 4.69) is 21.2 Å². The molecule has 3 aromatic carbocycles. The van der Waals surface area contributed by atoms with Gasteiger partial charge >= 0.3 is 5.97 Å². The number of amides is 1. The second-order valence-electron chi connectivity index (χ2n) is 11.4.